The Morgan fingerprint density at radius 3 is 2.57 bits per heavy atom. The molecular formula is C15H13N3O3. The van der Waals surface area contributed by atoms with Crippen molar-refractivity contribution in [2.45, 2.75) is 6.92 Å². The number of anilines is 2. The van der Waals surface area contributed by atoms with Crippen molar-refractivity contribution in [2.24, 2.45) is 0 Å². The van der Waals surface area contributed by atoms with E-state index in [9.17, 15) is 9.59 Å². The van der Waals surface area contributed by atoms with Crippen molar-refractivity contribution >= 4 is 34.3 Å². The number of rotatable bonds is 3. The number of amides is 2. The van der Waals surface area contributed by atoms with Crippen molar-refractivity contribution in [3.63, 3.8) is 0 Å². The quantitative estimate of drug-likeness (QED) is 0.690. The second-order valence-electron chi connectivity index (χ2n) is 4.60. The van der Waals surface area contributed by atoms with Gasteiger partial charge < -0.3 is 20.0 Å². The lowest BCUT2D eigenvalue weighted by Gasteiger charge is -2.07. The molecule has 0 aliphatic rings. The van der Waals surface area contributed by atoms with Gasteiger partial charge in [0.15, 0.2) is 5.58 Å². The van der Waals surface area contributed by atoms with Crippen molar-refractivity contribution < 1.29 is 14.0 Å². The highest BCUT2D eigenvalue weighted by Gasteiger charge is 2.11. The average molecular weight is 283 g/mol. The Morgan fingerprint density at radius 2 is 1.86 bits per heavy atom. The van der Waals surface area contributed by atoms with Crippen LogP contribution in [0.1, 0.15) is 17.4 Å². The third-order valence-corrected chi connectivity index (χ3v) is 2.93. The Hall–Kier alpha value is -3.02. The molecule has 0 atom stereocenters. The molecule has 2 aromatic heterocycles. The van der Waals surface area contributed by atoms with E-state index in [1.807, 2.05) is 0 Å². The van der Waals surface area contributed by atoms with Gasteiger partial charge in [0.05, 0.1) is 11.8 Å². The first-order chi connectivity index (χ1) is 10.1. The molecule has 2 heterocycles. The van der Waals surface area contributed by atoms with E-state index >= 15 is 0 Å². The number of aromatic amines is 1. The Labute approximate surface area is 120 Å². The van der Waals surface area contributed by atoms with Crippen LogP contribution in [-0.4, -0.2) is 16.8 Å². The molecule has 6 nitrogen and oxygen atoms in total. The summed E-state index contributed by atoms with van der Waals surface area (Å²) < 4.78 is 5.20. The van der Waals surface area contributed by atoms with Crippen molar-refractivity contribution in [2.75, 3.05) is 10.6 Å². The van der Waals surface area contributed by atoms with E-state index in [0.717, 1.165) is 5.52 Å². The molecule has 0 saturated heterocycles. The number of hydrogen-bond acceptors (Lipinski definition) is 3. The second-order valence-corrected chi connectivity index (χ2v) is 4.60. The maximum atomic E-state index is 12.1. The van der Waals surface area contributed by atoms with Gasteiger partial charge in [-0.2, -0.15) is 0 Å². The number of furan rings is 1. The van der Waals surface area contributed by atoms with Gasteiger partial charge in [-0.15, -0.1) is 0 Å². The summed E-state index contributed by atoms with van der Waals surface area (Å²) in [5.41, 5.74) is 3.03. The van der Waals surface area contributed by atoms with Gasteiger partial charge in [-0.3, -0.25) is 9.59 Å². The minimum Gasteiger partial charge on any atom is -0.463 e. The SMILES string of the molecule is CC(=O)Nc1cccc(NC(=O)c2cc3occc3[nH]2)c1. The number of nitrogens with one attached hydrogen (secondary N) is 3. The van der Waals surface area contributed by atoms with Gasteiger partial charge in [-0.25, -0.2) is 0 Å². The molecule has 0 fully saturated rings. The molecule has 106 valence electrons. The highest BCUT2D eigenvalue weighted by molar-refractivity contribution is 6.05. The van der Waals surface area contributed by atoms with Crippen molar-refractivity contribution in [1.82, 2.24) is 4.98 Å². The number of aromatic nitrogens is 1. The summed E-state index contributed by atoms with van der Waals surface area (Å²) in [6, 6.07) is 10.3. The Morgan fingerprint density at radius 1 is 1.10 bits per heavy atom. The fraction of sp³-hybridized carbons (Fsp3) is 0.0667. The molecule has 0 saturated carbocycles. The van der Waals surface area contributed by atoms with Crippen LogP contribution in [0, 0.1) is 0 Å². The summed E-state index contributed by atoms with van der Waals surface area (Å²) in [6.45, 7) is 1.43. The number of hydrogen-bond donors (Lipinski definition) is 3. The molecule has 3 N–H and O–H groups in total. The molecule has 0 spiro atoms. The monoisotopic (exact) mass is 283 g/mol. The minimum absolute atomic E-state index is 0.164. The second kappa shape index (κ2) is 5.16. The first kappa shape index (κ1) is 13.0. The van der Waals surface area contributed by atoms with Crippen LogP contribution in [0.4, 0.5) is 11.4 Å². The van der Waals surface area contributed by atoms with E-state index in [4.69, 9.17) is 4.42 Å². The van der Waals surface area contributed by atoms with Crippen molar-refractivity contribution in [1.29, 1.82) is 0 Å². The molecule has 21 heavy (non-hydrogen) atoms. The maximum absolute atomic E-state index is 12.1. The molecule has 0 aliphatic carbocycles. The van der Waals surface area contributed by atoms with E-state index < -0.39 is 0 Å². The largest absolute Gasteiger partial charge is 0.463 e. The molecule has 3 aromatic rings. The van der Waals surface area contributed by atoms with Gasteiger partial charge in [0.2, 0.25) is 5.91 Å². The van der Waals surface area contributed by atoms with Gasteiger partial charge >= 0.3 is 0 Å². The topological polar surface area (TPSA) is 87.1 Å². The van der Waals surface area contributed by atoms with Gasteiger partial charge in [-0.1, -0.05) is 6.07 Å². The van der Waals surface area contributed by atoms with Gasteiger partial charge in [0.25, 0.3) is 5.91 Å². The fourth-order valence-electron chi connectivity index (χ4n) is 2.05. The molecule has 2 amide bonds. The third-order valence-electron chi connectivity index (χ3n) is 2.93. The standard InChI is InChI=1S/C15H13N3O3/c1-9(19)16-10-3-2-4-11(7-10)17-15(20)13-8-14-12(18-13)5-6-21-14/h2-8,18H,1H3,(H,16,19)(H,17,20). The van der Waals surface area contributed by atoms with Gasteiger partial charge in [-0.05, 0) is 18.2 Å². The predicted molar refractivity (Wildman–Crippen MR) is 79.3 cm³/mol. The first-order valence-corrected chi connectivity index (χ1v) is 6.37. The molecule has 6 heteroatoms. The van der Waals surface area contributed by atoms with Crippen LogP contribution in [-0.2, 0) is 4.79 Å². The summed E-state index contributed by atoms with van der Waals surface area (Å²) in [5, 5.41) is 5.42. The summed E-state index contributed by atoms with van der Waals surface area (Å²) in [5.74, 6) is -0.440. The van der Waals surface area contributed by atoms with Crippen LogP contribution in [0.25, 0.3) is 11.1 Å². The van der Waals surface area contributed by atoms with Crippen LogP contribution in [0.3, 0.4) is 0 Å². The maximum Gasteiger partial charge on any atom is 0.272 e. The number of H-pyrrole nitrogens is 1. The third kappa shape index (κ3) is 2.79. The van der Waals surface area contributed by atoms with E-state index in [-0.39, 0.29) is 11.8 Å². The lowest BCUT2D eigenvalue weighted by molar-refractivity contribution is -0.114. The van der Waals surface area contributed by atoms with Crippen LogP contribution in [0.15, 0.2) is 47.1 Å². The molecule has 0 bridgehead atoms. The zero-order chi connectivity index (χ0) is 14.8. The zero-order valence-corrected chi connectivity index (χ0v) is 11.3. The Kier molecular flexibility index (Phi) is 3.19. The van der Waals surface area contributed by atoms with Crippen LogP contribution in [0.2, 0.25) is 0 Å². The summed E-state index contributed by atoms with van der Waals surface area (Å²) >= 11 is 0. The number of benzene rings is 1. The van der Waals surface area contributed by atoms with E-state index in [1.165, 1.54) is 6.92 Å². The van der Waals surface area contributed by atoms with Crippen LogP contribution >= 0.6 is 0 Å². The van der Waals surface area contributed by atoms with E-state index in [2.05, 4.69) is 15.6 Å². The van der Waals surface area contributed by atoms with Gasteiger partial charge in [0.1, 0.15) is 5.69 Å². The fourth-order valence-corrected chi connectivity index (χ4v) is 2.05. The van der Waals surface area contributed by atoms with E-state index in [1.54, 1.807) is 42.7 Å². The van der Waals surface area contributed by atoms with Crippen molar-refractivity contribution in [3.05, 3.63) is 48.4 Å². The Balaban J connectivity index is 1.77. The summed E-state index contributed by atoms with van der Waals surface area (Å²) in [6.07, 6.45) is 1.56. The lowest BCUT2D eigenvalue weighted by Crippen LogP contribution is -2.12. The molecule has 0 aliphatic heterocycles. The van der Waals surface area contributed by atoms with E-state index in [0.29, 0.717) is 22.7 Å². The summed E-state index contributed by atoms with van der Waals surface area (Å²) in [7, 11) is 0. The Bertz CT molecular complexity index is 788. The lowest BCUT2D eigenvalue weighted by atomic mass is 10.2. The smallest absolute Gasteiger partial charge is 0.272 e. The number of carbonyl (C=O) groups excluding carboxylic acids is 2. The molecular weight excluding hydrogens is 270 g/mol. The van der Waals surface area contributed by atoms with Gasteiger partial charge in [0, 0.05) is 30.4 Å². The summed E-state index contributed by atoms with van der Waals surface area (Å²) in [4.78, 5) is 26.1. The van der Waals surface area contributed by atoms with Crippen LogP contribution in [0.5, 0.6) is 0 Å². The average Bonchev–Trinajstić information content (AvgIpc) is 2.98. The highest BCUT2D eigenvalue weighted by atomic mass is 16.3. The molecule has 1 aromatic carbocycles. The minimum atomic E-state index is -0.277. The number of fused-ring (bicyclic) bond motifs is 1. The molecule has 0 unspecified atom stereocenters. The highest BCUT2D eigenvalue weighted by Crippen LogP contribution is 2.19. The molecule has 0 radical (unpaired) electrons. The zero-order valence-electron chi connectivity index (χ0n) is 11.3. The first-order valence-electron chi connectivity index (χ1n) is 6.37. The predicted octanol–water partition coefficient (Wildman–Crippen LogP) is 2.97. The molecule has 3 rings (SSSR count). The van der Waals surface area contributed by atoms with Crippen molar-refractivity contribution in [3.8, 4) is 0 Å². The normalized spacial score (nSPS) is 10.5. The van der Waals surface area contributed by atoms with Crippen LogP contribution < -0.4 is 10.6 Å². The number of carbonyl (C=O) groups is 2.